The molecule has 0 saturated heterocycles. The molecule has 0 aliphatic carbocycles. The van der Waals surface area contributed by atoms with Crippen LogP contribution in [-0.4, -0.2) is 31.0 Å². The highest BCUT2D eigenvalue weighted by molar-refractivity contribution is 5.42. The lowest BCUT2D eigenvalue weighted by Crippen LogP contribution is -2.41. The van der Waals surface area contributed by atoms with E-state index < -0.39 is 5.60 Å². The smallest absolute Gasteiger partial charge is 0.161 e. The van der Waals surface area contributed by atoms with Crippen LogP contribution in [0.25, 0.3) is 0 Å². The van der Waals surface area contributed by atoms with E-state index in [1.54, 1.807) is 7.11 Å². The number of hydrogen-bond acceptors (Lipinski definition) is 4. The van der Waals surface area contributed by atoms with Crippen LogP contribution in [-0.2, 0) is 6.54 Å². The molecule has 0 spiro atoms. The van der Waals surface area contributed by atoms with Gasteiger partial charge in [0.15, 0.2) is 11.5 Å². The van der Waals surface area contributed by atoms with Crippen molar-refractivity contribution in [2.75, 3.05) is 20.3 Å². The van der Waals surface area contributed by atoms with E-state index in [0.29, 0.717) is 19.7 Å². The summed E-state index contributed by atoms with van der Waals surface area (Å²) in [4.78, 5) is 0. The zero-order valence-electron chi connectivity index (χ0n) is 13.2. The molecule has 1 aromatic carbocycles. The molecular weight excluding hydrogens is 254 g/mol. The molecule has 1 aromatic rings. The van der Waals surface area contributed by atoms with Crippen molar-refractivity contribution in [2.45, 2.75) is 39.8 Å². The fourth-order valence-corrected chi connectivity index (χ4v) is 1.76. The zero-order chi connectivity index (χ0) is 15.2. The van der Waals surface area contributed by atoms with Crippen molar-refractivity contribution in [1.82, 2.24) is 5.32 Å². The third-order valence-corrected chi connectivity index (χ3v) is 3.58. The summed E-state index contributed by atoms with van der Waals surface area (Å²) in [5.41, 5.74) is 0.403. The maximum Gasteiger partial charge on any atom is 0.161 e. The van der Waals surface area contributed by atoms with Gasteiger partial charge in [-0.15, -0.1) is 0 Å². The average Bonchev–Trinajstić information content (AvgIpc) is 2.40. The molecule has 4 heteroatoms. The fourth-order valence-electron chi connectivity index (χ4n) is 1.76. The van der Waals surface area contributed by atoms with Gasteiger partial charge in [0.1, 0.15) is 0 Å². The second kappa shape index (κ2) is 7.50. The van der Waals surface area contributed by atoms with E-state index >= 15 is 0 Å². The van der Waals surface area contributed by atoms with Crippen LogP contribution in [0.5, 0.6) is 11.5 Å². The van der Waals surface area contributed by atoms with Crippen molar-refractivity contribution in [3.8, 4) is 11.5 Å². The van der Waals surface area contributed by atoms with E-state index in [-0.39, 0.29) is 5.92 Å². The molecule has 1 unspecified atom stereocenters. The molecule has 1 rings (SSSR count). The van der Waals surface area contributed by atoms with E-state index in [9.17, 15) is 5.11 Å². The second-order valence-corrected chi connectivity index (χ2v) is 5.53. The van der Waals surface area contributed by atoms with Crippen LogP contribution in [0.2, 0.25) is 0 Å². The number of aliphatic hydroxyl groups is 1. The molecular formula is C16H27NO3. The topological polar surface area (TPSA) is 50.7 Å². The van der Waals surface area contributed by atoms with Gasteiger partial charge in [0.2, 0.25) is 0 Å². The lowest BCUT2D eigenvalue weighted by atomic mass is 9.92. The van der Waals surface area contributed by atoms with Gasteiger partial charge in [-0.3, -0.25) is 0 Å². The first kappa shape index (κ1) is 16.8. The Labute approximate surface area is 122 Å². The largest absolute Gasteiger partial charge is 0.493 e. The van der Waals surface area contributed by atoms with E-state index in [4.69, 9.17) is 9.47 Å². The molecule has 0 heterocycles. The molecule has 114 valence electrons. The van der Waals surface area contributed by atoms with Crippen molar-refractivity contribution in [3.05, 3.63) is 23.8 Å². The van der Waals surface area contributed by atoms with E-state index in [0.717, 1.165) is 17.1 Å². The van der Waals surface area contributed by atoms with Crippen molar-refractivity contribution >= 4 is 0 Å². The zero-order valence-corrected chi connectivity index (χ0v) is 13.2. The minimum absolute atomic E-state index is 0.213. The molecule has 0 aliphatic heterocycles. The predicted octanol–water partition coefficient (Wildman–Crippen LogP) is 2.59. The average molecular weight is 281 g/mol. The van der Waals surface area contributed by atoms with Gasteiger partial charge in [0, 0.05) is 13.1 Å². The Morgan fingerprint density at radius 1 is 1.30 bits per heavy atom. The van der Waals surface area contributed by atoms with Crippen molar-refractivity contribution < 1.29 is 14.6 Å². The molecule has 0 fully saturated rings. The van der Waals surface area contributed by atoms with Crippen LogP contribution < -0.4 is 14.8 Å². The Balaban J connectivity index is 2.61. The van der Waals surface area contributed by atoms with Crippen LogP contribution in [0.4, 0.5) is 0 Å². The van der Waals surface area contributed by atoms with Crippen LogP contribution in [0.15, 0.2) is 18.2 Å². The Kier molecular flexibility index (Phi) is 6.30. The first-order valence-corrected chi connectivity index (χ1v) is 7.13. The van der Waals surface area contributed by atoms with E-state index in [1.807, 2.05) is 45.9 Å². The van der Waals surface area contributed by atoms with Gasteiger partial charge in [-0.2, -0.15) is 0 Å². The normalized spacial score (nSPS) is 14.2. The minimum Gasteiger partial charge on any atom is -0.493 e. The first-order valence-electron chi connectivity index (χ1n) is 7.13. The quantitative estimate of drug-likeness (QED) is 0.769. The first-order chi connectivity index (χ1) is 9.40. The number of rotatable bonds is 8. The molecule has 0 aromatic heterocycles. The summed E-state index contributed by atoms with van der Waals surface area (Å²) < 4.78 is 10.8. The van der Waals surface area contributed by atoms with Crippen molar-refractivity contribution in [3.63, 3.8) is 0 Å². The van der Waals surface area contributed by atoms with Crippen molar-refractivity contribution in [2.24, 2.45) is 5.92 Å². The van der Waals surface area contributed by atoms with E-state index in [1.165, 1.54) is 0 Å². The summed E-state index contributed by atoms with van der Waals surface area (Å²) in [6.07, 6.45) is 0. The fraction of sp³-hybridized carbons (Fsp3) is 0.625. The minimum atomic E-state index is -0.699. The van der Waals surface area contributed by atoms with Gasteiger partial charge in [0.05, 0.1) is 19.3 Å². The number of hydrogen-bond donors (Lipinski definition) is 2. The molecule has 0 bridgehead atoms. The molecule has 0 radical (unpaired) electrons. The third-order valence-electron chi connectivity index (χ3n) is 3.58. The lowest BCUT2D eigenvalue weighted by Gasteiger charge is -2.28. The van der Waals surface area contributed by atoms with E-state index in [2.05, 4.69) is 5.32 Å². The maximum atomic E-state index is 10.2. The van der Waals surface area contributed by atoms with Crippen LogP contribution in [0.3, 0.4) is 0 Å². The summed E-state index contributed by atoms with van der Waals surface area (Å²) in [6.45, 7) is 9.69. The van der Waals surface area contributed by atoms with Crippen LogP contribution in [0, 0.1) is 5.92 Å². The number of nitrogens with one attached hydrogen (secondary N) is 1. The monoisotopic (exact) mass is 281 g/mol. The molecule has 4 nitrogen and oxygen atoms in total. The van der Waals surface area contributed by atoms with Crippen LogP contribution in [0.1, 0.15) is 33.3 Å². The second-order valence-electron chi connectivity index (χ2n) is 5.53. The summed E-state index contributed by atoms with van der Waals surface area (Å²) in [5, 5.41) is 13.5. The molecule has 1 atom stereocenters. The van der Waals surface area contributed by atoms with Gasteiger partial charge in [0.25, 0.3) is 0 Å². The molecule has 0 saturated carbocycles. The van der Waals surface area contributed by atoms with Gasteiger partial charge in [-0.1, -0.05) is 19.9 Å². The Morgan fingerprint density at radius 3 is 2.55 bits per heavy atom. The highest BCUT2D eigenvalue weighted by Gasteiger charge is 2.23. The summed E-state index contributed by atoms with van der Waals surface area (Å²) >= 11 is 0. The predicted molar refractivity (Wildman–Crippen MR) is 81.3 cm³/mol. The number of methoxy groups -OCH3 is 1. The highest BCUT2D eigenvalue weighted by atomic mass is 16.5. The van der Waals surface area contributed by atoms with Gasteiger partial charge in [-0.05, 0) is 37.5 Å². The third kappa shape index (κ3) is 4.69. The Morgan fingerprint density at radius 2 is 2.00 bits per heavy atom. The van der Waals surface area contributed by atoms with Gasteiger partial charge >= 0.3 is 0 Å². The standard InChI is InChI=1S/C16H27NO3/c1-6-20-14-8-7-13(9-15(14)19-5)10-17-11-16(4,18)12(2)3/h7-9,12,17-18H,6,10-11H2,1-5H3. The Bertz CT molecular complexity index is 416. The molecule has 0 amide bonds. The number of benzene rings is 1. The highest BCUT2D eigenvalue weighted by Crippen LogP contribution is 2.28. The van der Waals surface area contributed by atoms with Crippen LogP contribution >= 0.6 is 0 Å². The van der Waals surface area contributed by atoms with Gasteiger partial charge in [-0.25, -0.2) is 0 Å². The molecule has 0 aliphatic rings. The maximum absolute atomic E-state index is 10.2. The molecule has 2 N–H and O–H groups in total. The van der Waals surface area contributed by atoms with Gasteiger partial charge < -0.3 is 19.9 Å². The lowest BCUT2D eigenvalue weighted by molar-refractivity contribution is 0.0140. The summed E-state index contributed by atoms with van der Waals surface area (Å²) in [6, 6.07) is 5.88. The van der Waals surface area contributed by atoms with Crippen molar-refractivity contribution in [1.29, 1.82) is 0 Å². The SMILES string of the molecule is CCOc1ccc(CNCC(C)(O)C(C)C)cc1OC. The summed E-state index contributed by atoms with van der Waals surface area (Å²) in [5.74, 6) is 1.71. The molecule has 20 heavy (non-hydrogen) atoms. The summed E-state index contributed by atoms with van der Waals surface area (Å²) in [7, 11) is 1.64. The number of ether oxygens (including phenoxy) is 2. The Hall–Kier alpha value is -1.26.